The monoisotopic (exact) mass is 210 g/mol. The van der Waals surface area contributed by atoms with Gasteiger partial charge in [0.25, 0.3) is 0 Å². The molecule has 5 heteroatoms. The Hall–Kier alpha value is -1.36. The average molecular weight is 210 g/mol. The van der Waals surface area contributed by atoms with Gasteiger partial charge in [-0.3, -0.25) is 0 Å². The Balaban J connectivity index is 2.62. The first-order chi connectivity index (χ1) is 7.26. The molecule has 1 heterocycles. The number of aryl methyl sites for hydroxylation is 1. The number of hydrogen-bond acceptors (Lipinski definition) is 5. The zero-order valence-electron chi connectivity index (χ0n) is 9.25. The smallest absolute Gasteiger partial charge is 0.131 e. The molecule has 0 saturated carbocycles. The number of nitrogens with zero attached hydrogens (tertiary/aromatic N) is 2. The molecule has 0 atom stereocenters. The maximum Gasteiger partial charge on any atom is 0.131 e. The second-order valence-corrected chi connectivity index (χ2v) is 3.22. The third-order valence-electron chi connectivity index (χ3n) is 1.84. The topological polar surface area (TPSA) is 70.1 Å². The minimum Gasteiger partial charge on any atom is -0.396 e. The summed E-state index contributed by atoms with van der Waals surface area (Å²) in [6, 6.07) is 1.87. The van der Waals surface area contributed by atoms with Gasteiger partial charge in [-0.2, -0.15) is 0 Å². The highest BCUT2D eigenvalue weighted by Crippen LogP contribution is 2.10. The standard InChI is InChI=1S/C10H18N4O/c1-3-11-9-7-10(12-5-4-6-15)14-8(2)13-9/h7,15H,3-6H2,1-2H3,(H2,11,12,13,14). The fraction of sp³-hybridized carbons (Fsp3) is 0.600. The fourth-order valence-corrected chi connectivity index (χ4v) is 1.23. The minimum atomic E-state index is 0.192. The molecule has 0 aliphatic carbocycles. The molecule has 3 N–H and O–H groups in total. The summed E-state index contributed by atoms with van der Waals surface area (Å²) in [6.45, 7) is 5.64. The summed E-state index contributed by atoms with van der Waals surface area (Å²) in [5.41, 5.74) is 0. The number of aliphatic hydroxyl groups is 1. The van der Waals surface area contributed by atoms with Gasteiger partial charge in [0.15, 0.2) is 0 Å². The van der Waals surface area contributed by atoms with E-state index in [-0.39, 0.29) is 6.61 Å². The molecule has 1 aromatic rings. The lowest BCUT2D eigenvalue weighted by Crippen LogP contribution is -2.08. The molecule has 0 aliphatic rings. The molecule has 0 bridgehead atoms. The lowest BCUT2D eigenvalue weighted by atomic mass is 10.4. The van der Waals surface area contributed by atoms with Gasteiger partial charge < -0.3 is 15.7 Å². The Labute approximate surface area is 90.0 Å². The van der Waals surface area contributed by atoms with Crippen molar-refractivity contribution in [3.63, 3.8) is 0 Å². The Morgan fingerprint density at radius 3 is 2.53 bits per heavy atom. The second kappa shape index (κ2) is 6.19. The van der Waals surface area contributed by atoms with E-state index in [1.54, 1.807) is 0 Å². The summed E-state index contributed by atoms with van der Waals surface area (Å²) in [6.07, 6.45) is 0.722. The zero-order valence-corrected chi connectivity index (χ0v) is 9.25. The van der Waals surface area contributed by atoms with Gasteiger partial charge in [-0.15, -0.1) is 0 Å². The molecule has 1 aromatic heterocycles. The Bertz CT molecular complexity index is 303. The summed E-state index contributed by atoms with van der Waals surface area (Å²) in [5, 5.41) is 14.9. The van der Waals surface area contributed by atoms with Crippen LogP contribution in [0.15, 0.2) is 6.07 Å². The van der Waals surface area contributed by atoms with Crippen LogP contribution < -0.4 is 10.6 Å². The van der Waals surface area contributed by atoms with Crippen LogP contribution >= 0.6 is 0 Å². The number of aliphatic hydroxyl groups excluding tert-OH is 1. The third kappa shape index (κ3) is 4.12. The fourth-order valence-electron chi connectivity index (χ4n) is 1.23. The normalized spacial score (nSPS) is 10.1. The highest BCUT2D eigenvalue weighted by Gasteiger charge is 1.99. The predicted molar refractivity (Wildman–Crippen MR) is 61.1 cm³/mol. The van der Waals surface area contributed by atoms with Crippen LogP contribution in [0.1, 0.15) is 19.2 Å². The Kier molecular flexibility index (Phi) is 4.83. The third-order valence-corrected chi connectivity index (χ3v) is 1.84. The summed E-state index contributed by atoms with van der Waals surface area (Å²) in [5.74, 6) is 2.36. The van der Waals surface area contributed by atoms with Crippen LogP contribution in [-0.2, 0) is 0 Å². The largest absolute Gasteiger partial charge is 0.396 e. The Morgan fingerprint density at radius 2 is 1.93 bits per heavy atom. The van der Waals surface area contributed by atoms with E-state index in [1.165, 1.54) is 0 Å². The van der Waals surface area contributed by atoms with Crippen LogP contribution in [0.5, 0.6) is 0 Å². The Morgan fingerprint density at radius 1 is 1.27 bits per heavy atom. The molecule has 0 fully saturated rings. The van der Waals surface area contributed by atoms with Crippen molar-refractivity contribution >= 4 is 11.6 Å². The molecule has 84 valence electrons. The van der Waals surface area contributed by atoms with E-state index in [2.05, 4.69) is 20.6 Å². The summed E-state index contributed by atoms with van der Waals surface area (Å²) in [4.78, 5) is 8.48. The van der Waals surface area contributed by atoms with Gasteiger partial charge in [0.2, 0.25) is 0 Å². The van der Waals surface area contributed by atoms with Crippen molar-refractivity contribution in [3.8, 4) is 0 Å². The second-order valence-electron chi connectivity index (χ2n) is 3.22. The summed E-state index contributed by atoms with van der Waals surface area (Å²) >= 11 is 0. The van der Waals surface area contributed by atoms with Gasteiger partial charge >= 0.3 is 0 Å². The van der Waals surface area contributed by atoms with Crippen LogP contribution in [0.4, 0.5) is 11.6 Å². The molecule has 0 saturated heterocycles. The number of aromatic nitrogens is 2. The van der Waals surface area contributed by atoms with Gasteiger partial charge in [-0.05, 0) is 20.3 Å². The van der Waals surface area contributed by atoms with Crippen molar-refractivity contribution in [3.05, 3.63) is 11.9 Å². The zero-order chi connectivity index (χ0) is 11.1. The van der Waals surface area contributed by atoms with Crippen LogP contribution in [0, 0.1) is 6.92 Å². The number of anilines is 2. The first-order valence-electron chi connectivity index (χ1n) is 5.20. The van der Waals surface area contributed by atoms with E-state index in [0.717, 1.165) is 37.0 Å². The van der Waals surface area contributed by atoms with E-state index in [9.17, 15) is 0 Å². The molecular weight excluding hydrogens is 192 g/mol. The maximum atomic E-state index is 8.65. The lowest BCUT2D eigenvalue weighted by molar-refractivity contribution is 0.292. The highest BCUT2D eigenvalue weighted by molar-refractivity contribution is 5.47. The van der Waals surface area contributed by atoms with E-state index in [0.29, 0.717) is 0 Å². The van der Waals surface area contributed by atoms with Crippen molar-refractivity contribution in [2.24, 2.45) is 0 Å². The van der Waals surface area contributed by atoms with Gasteiger partial charge in [-0.1, -0.05) is 0 Å². The molecule has 1 rings (SSSR count). The van der Waals surface area contributed by atoms with Crippen LogP contribution in [-0.4, -0.2) is 34.8 Å². The average Bonchev–Trinajstić information content (AvgIpc) is 2.18. The number of rotatable bonds is 6. The molecule has 5 nitrogen and oxygen atoms in total. The van der Waals surface area contributed by atoms with E-state index < -0.39 is 0 Å². The van der Waals surface area contributed by atoms with E-state index >= 15 is 0 Å². The van der Waals surface area contributed by atoms with Crippen LogP contribution in [0.3, 0.4) is 0 Å². The van der Waals surface area contributed by atoms with Crippen molar-refractivity contribution in [2.45, 2.75) is 20.3 Å². The van der Waals surface area contributed by atoms with Gasteiger partial charge in [-0.25, -0.2) is 9.97 Å². The quantitative estimate of drug-likeness (QED) is 0.611. The van der Waals surface area contributed by atoms with E-state index in [4.69, 9.17) is 5.11 Å². The van der Waals surface area contributed by atoms with Crippen molar-refractivity contribution in [1.82, 2.24) is 9.97 Å². The lowest BCUT2D eigenvalue weighted by Gasteiger charge is -2.08. The van der Waals surface area contributed by atoms with Crippen molar-refractivity contribution in [2.75, 3.05) is 30.3 Å². The van der Waals surface area contributed by atoms with Gasteiger partial charge in [0.1, 0.15) is 17.5 Å². The van der Waals surface area contributed by atoms with Crippen molar-refractivity contribution in [1.29, 1.82) is 0 Å². The molecule has 0 amide bonds. The number of hydrogen-bond donors (Lipinski definition) is 3. The van der Waals surface area contributed by atoms with E-state index in [1.807, 2.05) is 19.9 Å². The van der Waals surface area contributed by atoms with Gasteiger partial charge in [0, 0.05) is 25.8 Å². The molecule has 0 unspecified atom stereocenters. The van der Waals surface area contributed by atoms with Crippen LogP contribution in [0.2, 0.25) is 0 Å². The minimum absolute atomic E-state index is 0.192. The first kappa shape index (κ1) is 11.7. The molecule has 0 radical (unpaired) electrons. The summed E-state index contributed by atoms with van der Waals surface area (Å²) < 4.78 is 0. The first-order valence-corrected chi connectivity index (χ1v) is 5.20. The molecule has 0 aliphatic heterocycles. The molecule has 0 spiro atoms. The molecule has 0 aromatic carbocycles. The SMILES string of the molecule is CCNc1cc(NCCCO)nc(C)n1. The van der Waals surface area contributed by atoms with Crippen LogP contribution in [0.25, 0.3) is 0 Å². The maximum absolute atomic E-state index is 8.65. The van der Waals surface area contributed by atoms with Gasteiger partial charge in [0.05, 0.1) is 0 Å². The number of nitrogens with one attached hydrogen (secondary N) is 2. The molecule has 15 heavy (non-hydrogen) atoms. The predicted octanol–water partition coefficient (Wildman–Crippen LogP) is 1.01. The molecular formula is C10H18N4O. The highest BCUT2D eigenvalue weighted by atomic mass is 16.3. The van der Waals surface area contributed by atoms with Crippen molar-refractivity contribution < 1.29 is 5.11 Å². The summed E-state index contributed by atoms with van der Waals surface area (Å²) in [7, 11) is 0.